The van der Waals surface area contributed by atoms with Crippen LogP contribution in [-0.2, 0) is 0 Å². The van der Waals surface area contributed by atoms with Crippen molar-refractivity contribution in [3.05, 3.63) is 11.5 Å². The van der Waals surface area contributed by atoms with E-state index in [1.165, 1.54) is 6.33 Å². The lowest BCUT2D eigenvalue weighted by Gasteiger charge is -2.33. The average molecular weight is 214 g/mol. The normalized spacial score (nSPS) is 20.2. The van der Waals surface area contributed by atoms with Gasteiger partial charge in [0, 0.05) is 7.05 Å². The summed E-state index contributed by atoms with van der Waals surface area (Å²) in [6, 6.07) is 0.369. The summed E-state index contributed by atoms with van der Waals surface area (Å²) in [5.41, 5.74) is 0. The van der Waals surface area contributed by atoms with Gasteiger partial charge < -0.3 is 9.64 Å². The summed E-state index contributed by atoms with van der Waals surface area (Å²) in [5.74, 6) is 1.38. The van der Waals surface area contributed by atoms with Gasteiger partial charge in [0.25, 0.3) is 0 Å². The van der Waals surface area contributed by atoms with Crippen molar-refractivity contribution >= 4 is 17.4 Å². The largest absolute Gasteiger partial charge is 0.485 e. The minimum Gasteiger partial charge on any atom is -0.485 e. The summed E-state index contributed by atoms with van der Waals surface area (Å²) in [7, 11) is 2.00. The molecule has 0 aromatic carbocycles. The number of hydrogen-bond acceptors (Lipinski definition) is 4. The minimum absolute atomic E-state index is 0.369. The summed E-state index contributed by atoms with van der Waals surface area (Å²) in [6.45, 7) is 2.77. The molecule has 0 spiro atoms. The monoisotopic (exact) mass is 213 g/mol. The van der Waals surface area contributed by atoms with Crippen LogP contribution < -0.4 is 9.64 Å². The maximum atomic E-state index is 5.90. The molecule has 0 amide bonds. The number of anilines is 1. The second-order valence-corrected chi connectivity index (χ2v) is 3.66. The van der Waals surface area contributed by atoms with Gasteiger partial charge in [-0.2, -0.15) is 0 Å². The summed E-state index contributed by atoms with van der Waals surface area (Å²) in [5, 5.41) is 0.386. The fraction of sp³-hybridized carbons (Fsp3) is 0.556. The van der Waals surface area contributed by atoms with Crippen molar-refractivity contribution in [3.8, 4) is 5.75 Å². The summed E-state index contributed by atoms with van der Waals surface area (Å²) in [6.07, 6.45) is 2.48. The highest BCUT2D eigenvalue weighted by atomic mass is 35.5. The molecule has 76 valence electrons. The summed E-state index contributed by atoms with van der Waals surface area (Å²) >= 11 is 5.90. The zero-order valence-corrected chi connectivity index (χ0v) is 8.95. The van der Waals surface area contributed by atoms with E-state index in [2.05, 4.69) is 21.8 Å². The molecule has 2 rings (SSSR count). The second-order valence-electron chi connectivity index (χ2n) is 3.30. The van der Waals surface area contributed by atoms with Crippen LogP contribution in [0.4, 0.5) is 5.82 Å². The van der Waals surface area contributed by atoms with E-state index < -0.39 is 0 Å². The van der Waals surface area contributed by atoms with Gasteiger partial charge in [-0.3, -0.25) is 0 Å². The van der Waals surface area contributed by atoms with Gasteiger partial charge in [-0.25, -0.2) is 9.97 Å². The molecule has 1 aliphatic rings. The van der Waals surface area contributed by atoms with Crippen molar-refractivity contribution < 1.29 is 4.74 Å². The predicted molar refractivity (Wildman–Crippen MR) is 55.0 cm³/mol. The molecular formula is C9H12ClN3O. The fourth-order valence-corrected chi connectivity index (χ4v) is 1.76. The maximum Gasteiger partial charge on any atom is 0.199 e. The van der Waals surface area contributed by atoms with Gasteiger partial charge in [0.05, 0.1) is 6.04 Å². The van der Waals surface area contributed by atoms with Crippen LogP contribution in [0.1, 0.15) is 13.3 Å². The first-order valence-electron chi connectivity index (χ1n) is 4.60. The molecule has 1 atom stereocenters. The van der Waals surface area contributed by atoms with Crippen molar-refractivity contribution in [2.75, 3.05) is 18.6 Å². The molecule has 14 heavy (non-hydrogen) atoms. The molecule has 1 unspecified atom stereocenters. The Morgan fingerprint density at radius 1 is 1.64 bits per heavy atom. The first-order chi connectivity index (χ1) is 6.74. The molecule has 0 aliphatic carbocycles. The van der Waals surface area contributed by atoms with E-state index in [0.29, 0.717) is 23.6 Å². The van der Waals surface area contributed by atoms with Crippen LogP contribution in [0.15, 0.2) is 6.33 Å². The standard InChI is InChI=1S/C9H12ClN3O/c1-3-6-4-14-7-8(10)11-5-12-9(7)13(6)2/h5-6H,3-4H2,1-2H3. The molecule has 0 bridgehead atoms. The number of hydrogen-bond donors (Lipinski definition) is 0. The van der Waals surface area contributed by atoms with Crippen molar-refractivity contribution in [1.29, 1.82) is 0 Å². The quantitative estimate of drug-likeness (QED) is 0.666. The fourth-order valence-electron chi connectivity index (χ4n) is 1.58. The van der Waals surface area contributed by atoms with E-state index in [1.807, 2.05) is 7.05 Å². The molecule has 4 nitrogen and oxygen atoms in total. The third kappa shape index (κ3) is 1.39. The van der Waals surface area contributed by atoms with Crippen molar-refractivity contribution in [2.24, 2.45) is 0 Å². The third-order valence-corrected chi connectivity index (χ3v) is 2.78. The molecule has 0 saturated carbocycles. The van der Waals surface area contributed by atoms with Gasteiger partial charge >= 0.3 is 0 Å². The lowest BCUT2D eigenvalue weighted by atomic mass is 10.2. The molecule has 5 heteroatoms. The van der Waals surface area contributed by atoms with Gasteiger partial charge in [0.2, 0.25) is 0 Å². The lowest BCUT2D eigenvalue weighted by molar-refractivity contribution is 0.260. The Balaban J connectivity index is 2.41. The van der Waals surface area contributed by atoms with E-state index in [-0.39, 0.29) is 0 Å². The van der Waals surface area contributed by atoms with Gasteiger partial charge in [0.1, 0.15) is 12.9 Å². The van der Waals surface area contributed by atoms with Crippen molar-refractivity contribution in [2.45, 2.75) is 19.4 Å². The van der Waals surface area contributed by atoms with Crippen LogP contribution in [0.5, 0.6) is 5.75 Å². The highest BCUT2D eigenvalue weighted by molar-refractivity contribution is 6.31. The first kappa shape index (κ1) is 9.52. The minimum atomic E-state index is 0.369. The molecule has 2 heterocycles. The Hall–Kier alpha value is -1.03. The molecule has 1 aromatic rings. The Kier molecular flexibility index (Phi) is 2.46. The molecular weight excluding hydrogens is 202 g/mol. The SMILES string of the molecule is CCC1COc2c(Cl)ncnc2N1C. The van der Waals surface area contributed by atoms with Crippen molar-refractivity contribution in [3.63, 3.8) is 0 Å². The van der Waals surface area contributed by atoms with Gasteiger partial charge in [-0.1, -0.05) is 18.5 Å². The van der Waals surface area contributed by atoms with Crippen LogP contribution in [0, 0.1) is 0 Å². The van der Waals surface area contributed by atoms with Gasteiger partial charge in [-0.15, -0.1) is 0 Å². The number of likely N-dealkylation sites (N-methyl/N-ethyl adjacent to an activating group) is 1. The van der Waals surface area contributed by atoms with E-state index in [4.69, 9.17) is 16.3 Å². The first-order valence-corrected chi connectivity index (χ1v) is 4.98. The average Bonchev–Trinajstić information content (AvgIpc) is 2.20. The number of aromatic nitrogens is 2. The zero-order chi connectivity index (χ0) is 10.1. The smallest absolute Gasteiger partial charge is 0.199 e. The van der Waals surface area contributed by atoms with E-state index in [1.54, 1.807) is 0 Å². The topological polar surface area (TPSA) is 38.3 Å². The van der Waals surface area contributed by atoms with Crippen LogP contribution in [-0.4, -0.2) is 29.7 Å². The second kappa shape index (κ2) is 3.61. The predicted octanol–water partition coefficient (Wildman–Crippen LogP) is 1.74. The number of fused-ring (bicyclic) bond motifs is 1. The molecule has 1 aromatic heterocycles. The van der Waals surface area contributed by atoms with Gasteiger partial charge in [-0.05, 0) is 6.42 Å². The Morgan fingerprint density at radius 3 is 3.14 bits per heavy atom. The molecule has 0 N–H and O–H groups in total. The maximum absolute atomic E-state index is 5.90. The van der Waals surface area contributed by atoms with Crippen LogP contribution in [0.3, 0.4) is 0 Å². The number of rotatable bonds is 1. The molecule has 0 saturated heterocycles. The Bertz CT molecular complexity index is 345. The Labute approximate surface area is 87.9 Å². The molecule has 1 aliphatic heterocycles. The number of halogens is 1. The number of nitrogens with zero attached hydrogens (tertiary/aromatic N) is 3. The molecule has 0 fully saturated rings. The number of ether oxygens (including phenoxy) is 1. The lowest BCUT2D eigenvalue weighted by Crippen LogP contribution is -2.40. The summed E-state index contributed by atoms with van der Waals surface area (Å²) in [4.78, 5) is 10.1. The van der Waals surface area contributed by atoms with Crippen LogP contribution in [0.2, 0.25) is 5.15 Å². The Morgan fingerprint density at radius 2 is 2.43 bits per heavy atom. The molecule has 0 radical (unpaired) electrons. The zero-order valence-electron chi connectivity index (χ0n) is 8.20. The van der Waals surface area contributed by atoms with Gasteiger partial charge in [0.15, 0.2) is 16.7 Å². The highest BCUT2D eigenvalue weighted by Gasteiger charge is 2.26. The van der Waals surface area contributed by atoms with E-state index >= 15 is 0 Å². The highest BCUT2D eigenvalue weighted by Crippen LogP contribution is 2.35. The van der Waals surface area contributed by atoms with Crippen molar-refractivity contribution in [1.82, 2.24) is 9.97 Å². The van der Waals surface area contributed by atoms with Crippen LogP contribution >= 0.6 is 11.6 Å². The van der Waals surface area contributed by atoms with Crippen LogP contribution in [0.25, 0.3) is 0 Å². The summed E-state index contributed by atoms with van der Waals surface area (Å²) < 4.78 is 5.53. The third-order valence-electron chi connectivity index (χ3n) is 2.51. The van der Waals surface area contributed by atoms with E-state index in [9.17, 15) is 0 Å². The van der Waals surface area contributed by atoms with E-state index in [0.717, 1.165) is 12.2 Å².